The molecule has 7 atom stereocenters. The highest BCUT2D eigenvalue weighted by atomic mass is 16.5. The van der Waals surface area contributed by atoms with Crippen LogP contribution in [0.1, 0.15) is 118 Å². The van der Waals surface area contributed by atoms with Gasteiger partial charge in [0.25, 0.3) is 0 Å². The molecule has 0 amide bonds. The zero-order valence-electron chi connectivity index (χ0n) is 24.6. The number of carbonyl (C=O) groups excluding carboxylic acids is 1. The van der Waals surface area contributed by atoms with E-state index in [0.717, 1.165) is 50.7 Å². The average molecular weight is 508 g/mol. The van der Waals surface area contributed by atoms with Crippen molar-refractivity contribution in [3.05, 3.63) is 29.2 Å². The van der Waals surface area contributed by atoms with Gasteiger partial charge in [0.2, 0.25) is 0 Å². The first-order chi connectivity index (χ1) is 17.3. The van der Waals surface area contributed by atoms with Gasteiger partial charge in [-0.3, -0.25) is 4.79 Å². The number of hydrogen-bond acceptors (Lipinski definition) is 4. The number of aromatic nitrogens is 1. The summed E-state index contributed by atoms with van der Waals surface area (Å²) in [4.78, 5) is 13.6. The van der Waals surface area contributed by atoms with Crippen molar-refractivity contribution < 1.29 is 14.1 Å². The molecule has 6 rings (SSSR count). The normalized spacial score (nSPS) is 45.3. The van der Waals surface area contributed by atoms with Gasteiger partial charge in [0.15, 0.2) is 0 Å². The smallest absolute Gasteiger partial charge is 0.312 e. The van der Waals surface area contributed by atoms with Gasteiger partial charge in [0.05, 0.1) is 18.2 Å². The van der Waals surface area contributed by atoms with E-state index in [1.165, 1.54) is 18.4 Å². The highest BCUT2D eigenvalue weighted by Gasteiger charge is 2.69. The lowest BCUT2D eigenvalue weighted by atomic mass is 9.33. The Morgan fingerprint density at radius 3 is 2.49 bits per heavy atom. The number of nitrogens with zero attached hydrogens (tertiary/aromatic N) is 1. The zero-order valence-corrected chi connectivity index (χ0v) is 24.6. The molecule has 5 aliphatic rings. The molecule has 1 heterocycles. The third-order valence-electron chi connectivity index (χ3n) is 13.3. The van der Waals surface area contributed by atoms with Crippen molar-refractivity contribution in [3.63, 3.8) is 0 Å². The maximum Gasteiger partial charge on any atom is 0.312 e. The monoisotopic (exact) mass is 507 g/mol. The van der Waals surface area contributed by atoms with Gasteiger partial charge < -0.3 is 9.26 Å². The summed E-state index contributed by atoms with van der Waals surface area (Å²) in [6, 6.07) is 0. The van der Waals surface area contributed by atoms with Crippen molar-refractivity contribution in [3.8, 4) is 0 Å². The minimum atomic E-state index is -0.328. The molecule has 3 fully saturated rings. The van der Waals surface area contributed by atoms with Crippen LogP contribution in [0.5, 0.6) is 0 Å². The van der Waals surface area contributed by atoms with E-state index in [2.05, 4.69) is 59.7 Å². The van der Waals surface area contributed by atoms with Crippen LogP contribution >= 0.6 is 0 Å². The molecule has 0 spiro atoms. The standard InChI is InChI=1S/C33H49NO3/c1-9-36-27(35)33-16-14-28(2,3)19-23(33)22-10-11-25-30(6)18-21-20-34-37-26(21)29(4,5)24(30)12-13-32(25,8)31(22,7)15-17-33/h10,20,23-25H,9,11-19H2,1-8H3/t23-,24?,25?,30-,31+,32+,33-/m0/s1. The second-order valence-electron chi connectivity index (χ2n) is 15.7. The molecule has 0 bridgehead atoms. The van der Waals surface area contributed by atoms with Gasteiger partial charge in [-0.25, -0.2) is 0 Å². The molecular weight excluding hydrogens is 458 g/mol. The zero-order chi connectivity index (χ0) is 26.6. The van der Waals surface area contributed by atoms with Crippen LogP contribution in [0.15, 0.2) is 22.4 Å². The molecule has 1 aromatic rings. The Balaban J connectivity index is 1.45. The van der Waals surface area contributed by atoms with Crippen LogP contribution in [-0.4, -0.2) is 17.7 Å². The summed E-state index contributed by atoms with van der Waals surface area (Å²) in [7, 11) is 0. The number of carbonyl (C=O) groups is 1. The van der Waals surface area contributed by atoms with Gasteiger partial charge in [-0.2, -0.15) is 0 Å². The van der Waals surface area contributed by atoms with Crippen molar-refractivity contribution in [1.29, 1.82) is 0 Å². The molecule has 0 aliphatic heterocycles. The number of fused-ring (bicyclic) bond motifs is 8. The molecule has 0 radical (unpaired) electrons. The van der Waals surface area contributed by atoms with Crippen LogP contribution in [0.2, 0.25) is 0 Å². The van der Waals surface area contributed by atoms with Crippen molar-refractivity contribution in [2.24, 2.45) is 44.8 Å². The third-order valence-corrected chi connectivity index (χ3v) is 13.3. The van der Waals surface area contributed by atoms with E-state index in [9.17, 15) is 4.79 Å². The van der Waals surface area contributed by atoms with E-state index in [1.807, 2.05) is 13.1 Å². The van der Waals surface area contributed by atoms with Gasteiger partial charge in [-0.1, -0.05) is 65.3 Å². The summed E-state index contributed by atoms with van der Waals surface area (Å²) in [5.74, 6) is 2.72. The first-order valence-corrected chi connectivity index (χ1v) is 15.1. The molecule has 204 valence electrons. The quantitative estimate of drug-likeness (QED) is 0.300. The summed E-state index contributed by atoms with van der Waals surface area (Å²) in [5.41, 5.74) is 3.43. The maximum absolute atomic E-state index is 13.6. The van der Waals surface area contributed by atoms with Crippen molar-refractivity contribution >= 4 is 5.97 Å². The number of allylic oxidation sites excluding steroid dienone is 2. The second-order valence-corrected chi connectivity index (χ2v) is 15.7. The minimum absolute atomic E-state index is 0.00405. The summed E-state index contributed by atoms with van der Waals surface area (Å²) < 4.78 is 11.7. The van der Waals surface area contributed by atoms with Crippen LogP contribution in [0.4, 0.5) is 0 Å². The van der Waals surface area contributed by atoms with Crippen molar-refractivity contribution in [2.45, 2.75) is 119 Å². The Kier molecular flexibility index (Phi) is 5.38. The van der Waals surface area contributed by atoms with E-state index in [1.54, 1.807) is 5.57 Å². The van der Waals surface area contributed by atoms with Crippen LogP contribution in [0.25, 0.3) is 0 Å². The minimum Gasteiger partial charge on any atom is -0.466 e. The van der Waals surface area contributed by atoms with E-state index in [4.69, 9.17) is 9.26 Å². The lowest BCUT2D eigenvalue weighted by Crippen LogP contribution is -2.64. The highest BCUT2D eigenvalue weighted by Crippen LogP contribution is 2.75. The molecule has 0 saturated heterocycles. The fourth-order valence-corrected chi connectivity index (χ4v) is 11.2. The lowest BCUT2D eigenvalue weighted by molar-refractivity contribution is -0.181. The van der Waals surface area contributed by atoms with E-state index < -0.39 is 0 Å². The van der Waals surface area contributed by atoms with Gasteiger partial charge >= 0.3 is 5.97 Å². The van der Waals surface area contributed by atoms with Crippen LogP contribution in [0, 0.1) is 44.8 Å². The van der Waals surface area contributed by atoms with E-state index >= 15 is 0 Å². The van der Waals surface area contributed by atoms with Gasteiger partial charge in [-0.15, -0.1) is 0 Å². The van der Waals surface area contributed by atoms with Gasteiger partial charge in [0, 0.05) is 11.0 Å². The Morgan fingerprint density at radius 2 is 1.76 bits per heavy atom. The third kappa shape index (κ3) is 3.14. The lowest BCUT2D eigenvalue weighted by Gasteiger charge is -2.70. The first kappa shape index (κ1) is 25.7. The summed E-state index contributed by atoms with van der Waals surface area (Å²) in [6.45, 7) is 19.9. The molecule has 2 unspecified atom stereocenters. The predicted octanol–water partition coefficient (Wildman–Crippen LogP) is 8.05. The SMILES string of the molecule is CCOC(=O)[C@]12CCC(C)(C)C[C@H]1C1=CCC3[C@@]4(C)Cc5cnoc5C(C)(C)C4CC[C@@]3(C)[C@]1(C)CC2. The van der Waals surface area contributed by atoms with Crippen LogP contribution in [-0.2, 0) is 21.4 Å². The fraction of sp³-hybridized carbons (Fsp3) is 0.818. The molecule has 5 aliphatic carbocycles. The van der Waals surface area contributed by atoms with Crippen LogP contribution in [0.3, 0.4) is 0 Å². The number of rotatable bonds is 2. The molecule has 0 N–H and O–H groups in total. The van der Waals surface area contributed by atoms with Gasteiger partial charge in [0.1, 0.15) is 5.76 Å². The van der Waals surface area contributed by atoms with E-state index in [-0.39, 0.29) is 38.5 Å². The van der Waals surface area contributed by atoms with Crippen molar-refractivity contribution in [2.75, 3.05) is 6.61 Å². The summed E-state index contributed by atoms with van der Waals surface area (Å²) in [6.07, 6.45) is 14.6. The Labute approximate surface area is 224 Å². The topological polar surface area (TPSA) is 52.3 Å². The molecule has 3 saturated carbocycles. The van der Waals surface area contributed by atoms with E-state index in [0.29, 0.717) is 24.4 Å². The largest absolute Gasteiger partial charge is 0.466 e. The number of esters is 1. The fourth-order valence-electron chi connectivity index (χ4n) is 11.2. The summed E-state index contributed by atoms with van der Waals surface area (Å²) >= 11 is 0. The Morgan fingerprint density at radius 1 is 1.03 bits per heavy atom. The highest BCUT2D eigenvalue weighted by molar-refractivity contribution is 5.78. The summed E-state index contributed by atoms with van der Waals surface area (Å²) in [5, 5.41) is 4.26. The predicted molar refractivity (Wildman–Crippen MR) is 146 cm³/mol. The molecule has 0 aromatic carbocycles. The molecule has 37 heavy (non-hydrogen) atoms. The first-order valence-electron chi connectivity index (χ1n) is 15.1. The molecular formula is C33H49NO3. The Bertz CT molecular complexity index is 1140. The number of ether oxygens (including phenoxy) is 1. The second kappa shape index (κ2) is 7.75. The molecule has 4 nitrogen and oxygen atoms in total. The molecule has 4 heteroatoms. The van der Waals surface area contributed by atoms with Gasteiger partial charge in [-0.05, 0) is 104 Å². The Hall–Kier alpha value is -1.58. The van der Waals surface area contributed by atoms with Crippen LogP contribution < -0.4 is 0 Å². The molecule has 1 aromatic heterocycles. The maximum atomic E-state index is 13.6. The van der Waals surface area contributed by atoms with Crippen molar-refractivity contribution in [1.82, 2.24) is 5.16 Å². The number of hydrogen-bond donors (Lipinski definition) is 0. The average Bonchev–Trinajstić information content (AvgIpc) is 3.28.